The molecular weight excluding hydrogens is 771 g/mol. The highest BCUT2D eigenvalue weighted by Gasteiger charge is 2.25. The maximum Gasteiger partial charge on any atom is 0.235 e. The van der Waals surface area contributed by atoms with Crippen molar-refractivity contribution >= 4 is 96.5 Å². The van der Waals surface area contributed by atoms with Crippen LogP contribution >= 0.6 is 11.3 Å². The number of hydrogen-bond donors (Lipinski definition) is 0. The van der Waals surface area contributed by atoms with Gasteiger partial charge in [0, 0.05) is 37.2 Å². The maximum atomic E-state index is 5.63. The van der Waals surface area contributed by atoms with Crippen LogP contribution in [-0.4, -0.2) is 14.5 Å². The normalized spacial score (nSPS) is 12.0. The quantitative estimate of drug-likeness (QED) is 0.177. The van der Waals surface area contributed by atoms with Crippen LogP contribution in [0.25, 0.3) is 125 Å². The second kappa shape index (κ2) is 13.4. The van der Waals surface area contributed by atoms with Gasteiger partial charge in [0.15, 0.2) is 0 Å². The van der Waals surface area contributed by atoms with Crippen LogP contribution in [-0.2, 0) is 0 Å². The zero-order valence-electron chi connectivity index (χ0n) is 34.1. The molecule has 0 fully saturated rings. The SMILES string of the molecule is Cc1ccc(-c2ccc3c(c2)c2c4ccccc4c4c5ccccc5sc4c2n3-c2nc(-c3cccc4ccccc34)c3ccccc3n2)cc1-c1c(C)ccc2ccccc12. The topological polar surface area (TPSA) is 30.7 Å². The van der Waals surface area contributed by atoms with Gasteiger partial charge in [0.1, 0.15) is 0 Å². The lowest BCUT2D eigenvalue weighted by Gasteiger charge is -2.15. The molecule has 0 aliphatic carbocycles. The van der Waals surface area contributed by atoms with E-state index in [1.807, 2.05) is 11.3 Å². The Bertz CT molecular complexity index is 4010. The molecule has 0 radical (unpaired) electrons. The van der Waals surface area contributed by atoms with Crippen molar-refractivity contribution in [1.82, 2.24) is 14.5 Å². The van der Waals surface area contributed by atoms with Gasteiger partial charge in [0.05, 0.1) is 26.9 Å². The fraction of sp³-hybridized carbons (Fsp3) is 0.0345. The summed E-state index contributed by atoms with van der Waals surface area (Å²) in [4.78, 5) is 11.1. The van der Waals surface area contributed by atoms with E-state index in [0.29, 0.717) is 5.95 Å². The number of para-hydroxylation sites is 1. The van der Waals surface area contributed by atoms with Crippen molar-refractivity contribution in [2.24, 2.45) is 0 Å². The van der Waals surface area contributed by atoms with Crippen LogP contribution in [0.4, 0.5) is 0 Å². The summed E-state index contributed by atoms with van der Waals surface area (Å²) >= 11 is 1.86. The Morgan fingerprint density at radius 1 is 0.435 bits per heavy atom. The number of benzene rings is 10. The monoisotopic (exact) mass is 807 g/mol. The first-order valence-corrected chi connectivity index (χ1v) is 22.1. The van der Waals surface area contributed by atoms with E-state index in [1.54, 1.807) is 0 Å². The van der Waals surface area contributed by atoms with Crippen LogP contribution in [0.5, 0.6) is 0 Å². The van der Waals surface area contributed by atoms with Gasteiger partial charge in [-0.05, 0) is 110 Å². The van der Waals surface area contributed by atoms with E-state index in [4.69, 9.17) is 9.97 Å². The molecule has 0 N–H and O–H groups in total. The first-order valence-electron chi connectivity index (χ1n) is 21.2. The van der Waals surface area contributed by atoms with Gasteiger partial charge >= 0.3 is 0 Å². The number of thiophene rings is 1. The fourth-order valence-electron chi connectivity index (χ4n) is 10.2. The smallest absolute Gasteiger partial charge is 0.235 e. The minimum Gasteiger partial charge on any atom is -0.276 e. The van der Waals surface area contributed by atoms with Crippen molar-refractivity contribution in [3.63, 3.8) is 0 Å². The molecule has 3 aromatic heterocycles. The van der Waals surface area contributed by atoms with Crippen LogP contribution in [0, 0.1) is 13.8 Å². The largest absolute Gasteiger partial charge is 0.276 e. The van der Waals surface area contributed by atoms with Crippen molar-refractivity contribution in [2.45, 2.75) is 13.8 Å². The number of hydrogen-bond acceptors (Lipinski definition) is 3. The van der Waals surface area contributed by atoms with E-state index in [0.717, 1.165) is 33.2 Å². The van der Waals surface area contributed by atoms with Gasteiger partial charge in [0.25, 0.3) is 0 Å². The molecule has 13 aromatic rings. The van der Waals surface area contributed by atoms with E-state index >= 15 is 0 Å². The van der Waals surface area contributed by atoms with Gasteiger partial charge in [-0.15, -0.1) is 11.3 Å². The van der Waals surface area contributed by atoms with E-state index in [2.05, 4.69) is 206 Å². The average molecular weight is 808 g/mol. The van der Waals surface area contributed by atoms with Crippen LogP contribution < -0.4 is 0 Å². The lowest BCUT2D eigenvalue weighted by atomic mass is 9.89. The standard InChI is InChI=1S/C58H37N3S/c1-34-26-29-38(32-47(34)52-35(2)27-28-37-15-4-6-18-41(37)52)39-30-31-50-48(33-39)53-42-19-7-8-20-43(42)54-46-22-10-12-25-51(46)62-57(54)56(53)61(50)58-59-49-24-11-9-21-45(49)55(60-58)44-23-13-16-36-14-3-5-17-40(36)44/h3-33H,1-2H3. The van der Waals surface area contributed by atoms with Gasteiger partial charge in [-0.2, -0.15) is 0 Å². The first-order chi connectivity index (χ1) is 30.6. The van der Waals surface area contributed by atoms with E-state index in [9.17, 15) is 0 Å². The van der Waals surface area contributed by atoms with Crippen LogP contribution in [0.2, 0.25) is 0 Å². The molecule has 0 aliphatic heterocycles. The molecule has 290 valence electrons. The van der Waals surface area contributed by atoms with Gasteiger partial charge in [0.2, 0.25) is 5.95 Å². The second-order valence-corrected chi connectivity index (χ2v) is 17.6. The zero-order valence-corrected chi connectivity index (χ0v) is 35.0. The van der Waals surface area contributed by atoms with Gasteiger partial charge in [-0.3, -0.25) is 4.57 Å². The highest BCUT2D eigenvalue weighted by atomic mass is 32.1. The third-order valence-electron chi connectivity index (χ3n) is 13.1. The summed E-state index contributed by atoms with van der Waals surface area (Å²) < 4.78 is 4.87. The molecule has 0 saturated carbocycles. The summed E-state index contributed by atoms with van der Waals surface area (Å²) in [5.74, 6) is 0.664. The summed E-state index contributed by atoms with van der Waals surface area (Å²) in [6, 6.07) is 68.6. The summed E-state index contributed by atoms with van der Waals surface area (Å²) in [5.41, 5.74) is 12.6. The van der Waals surface area contributed by atoms with Crippen LogP contribution in [0.1, 0.15) is 11.1 Å². The average Bonchev–Trinajstić information content (AvgIpc) is 3.88. The van der Waals surface area contributed by atoms with Crippen molar-refractivity contribution < 1.29 is 0 Å². The Kier molecular flexibility index (Phi) is 7.61. The third-order valence-corrected chi connectivity index (χ3v) is 14.2. The molecule has 0 saturated heterocycles. The van der Waals surface area contributed by atoms with Crippen molar-refractivity contribution in [2.75, 3.05) is 0 Å². The minimum absolute atomic E-state index is 0.664. The minimum atomic E-state index is 0.664. The Hall–Kier alpha value is -7.66. The van der Waals surface area contributed by atoms with Gasteiger partial charge < -0.3 is 0 Å². The lowest BCUT2D eigenvalue weighted by molar-refractivity contribution is 1.02. The summed E-state index contributed by atoms with van der Waals surface area (Å²) in [7, 11) is 0. The number of rotatable bonds is 4. The molecule has 0 atom stereocenters. The van der Waals surface area contributed by atoms with Gasteiger partial charge in [-0.1, -0.05) is 158 Å². The second-order valence-electron chi connectivity index (χ2n) is 16.6. The predicted molar refractivity (Wildman–Crippen MR) is 265 cm³/mol. The highest BCUT2D eigenvalue weighted by molar-refractivity contribution is 7.27. The molecule has 0 spiro atoms. The van der Waals surface area contributed by atoms with E-state index < -0.39 is 0 Å². The van der Waals surface area contributed by atoms with Crippen LogP contribution in [0.15, 0.2) is 188 Å². The van der Waals surface area contributed by atoms with E-state index in [1.165, 1.54) is 96.6 Å². The molecule has 0 amide bonds. The first kappa shape index (κ1) is 35.1. The predicted octanol–water partition coefficient (Wildman–Crippen LogP) is 16.2. The molecule has 4 heteroatoms. The number of nitrogens with zero attached hydrogens (tertiary/aromatic N) is 3. The summed E-state index contributed by atoms with van der Waals surface area (Å²) in [5, 5.41) is 13.4. The molecule has 0 aliphatic rings. The molecule has 3 heterocycles. The molecular formula is C58H37N3S. The van der Waals surface area contributed by atoms with E-state index in [-0.39, 0.29) is 0 Å². The molecule has 13 rings (SSSR count). The maximum absolute atomic E-state index is 5.63. The Balaban J connectivity index is 1.15. The van der Waals surface area contributed by atoms with Crippen molar-refractivity contribution in [3.05, 3.63) is 199 Å². The molecule has 0 unspecified atom stereocenters. The van der Waals surface area contributed by atoms with Crippen molar-refractivity contribution in [3.8, 4) is 39.5 Å². The Morgan fingerprint density at radius 2 is 1.06 bits per heavy atom. The Labute approximate surface area is 361 Å². The van der Waals surface area contributed by atoms with Crippen LogP contribution in [0.3, 0.4) is 0 Å². The summed E-state index contributed by atoms with van der Waals surface area (Å²) in [6.07, 6.45) is 0. The number of aryl methyl sites for hydroxylation is 2. The van der Waals surface area contributed by atoms with Gasteiger partial charge in [-0.25, -0.2) is 9.97 Å². The number of fused-ring (bicyclic) bond motifs is 13. The molecule has 3 nitrogen and oxygen atoms in total. The lowest BCUT2D eigenvalue weighted by Crippen LogP contribution is -2.03. The number of aromatic nitrogens is 3. The molecule has 62 heavy (non-hydrogen) atoms. The fourth-order valence-corrected chi connectivity index (χ4v) is 11.4. The zero-order chi connectivity index (χ0) is 41.1. The van der Waals surface area contributed by atoms with Crippen molar-refractivity contribution in [1.29, 1.82) is 0 Å². The highest BCUT2D eigenvalue weighted by Crippen LogP contribution is 2.49. The Morgan fingerprint density at radius 3 is 1.90 bits per heavy atom. The summed E-state index contributed by atoms with van der Waals surface area (Å²) in [6.45, 7) is 4.46. The molecule has 10 aromatic carbocycles. The third kappa shape index (κ3) is 5.11. The molecule has 0 bridgehead atoms.